The summed E-state index contributed by atoms with van der Waals surface area (Å²) in [5, 5.41) is 1.52. The molecule has 0 aromatic heterocycles. The number of rotatable bonds is 3. The van der Waals surface area contributed by atoms with Gasteiger partial charge in [0.15, 0.2) is 0 Å². The number of hydrogen-bond donors (Lipinski definition) is 1. The molecule has 4 nitrogen and oxygen atoms in total. The third-order valence-electron chi connectivity index (χ3n) is 1.46. The number of esters is 1. The molecule has 0 fully saturated rings. The van der Waals surface area contributed by atoms with Gasteiger partial charge >= 0.3 is 18.1 Å². The summed E-state index contributed by atoms with van der Waals surface area (Å²) in [6, 6.07) is -1.26. The molecule has 0 bridgehead atoms. The van der Waals surface area contributed by atoms with E-state index in [0.29, 0.717) is 0 Å². The first-order chi connectivity index (χ1) is 6.32. The molecule has 0 aliphatic heterocycles. The molecule has 0 aromatic carbocycles. The van der Waals surface area contributed by atoms with Crippen LogP contribution in [-0.2, 0) is 14.3 Å². The number of carbonyl (C=O) groups is 2. The normalized spacial score (nSPS) is 13.2. The first kappa shape index (κ1) is 12.7. The molecule has 14 heavy (non-hydrogen) atoms. The first-order valence-electron chi connectivity index (χ1n) is 3.78. The number of carbonyl (C=O) groups excluding carboxylic acids is 2. The summed E-state index contributed by atoms with van der Waals surface area (Å²) in [4.78, 5) is 21.2. The van der Waals surface area contributed by atoms with Crippen molar-refractivity contribution in [2.45, 2.75) is 25.6 Å². The highest BCUT2D eigenvalue weighted by molar-refractivity contribution is 5.87. The van der Waals surface area contributed by atoms with Gasteiger partial charge in [0, 0.05) is 0 Å². The third-order valence-corrected chi connectivity index (χ3v) is 1.46. The van der Waals surface area contributed by atoms with Crippen LogP contribution in [0, 0.1) is 0 Å². The fourth-order valence-electron chi connectivity index (χ4n) is 0.710. The van der Waals surface area contributed by atoms with E-state index in [2.05, 4.69) is 4.74 Å². The van der Waals surface area contributed by atoms with E-state index in [1.807, 2.05) is 0 Å². The maximum Gasteiger partial charge on any atom is 0.471 e. The van der Waals surface area contributed by atoms with Gasteiger partial charge in [-0.05, 0) is 6.42 Å². The van der Waals surface area contributed by atoms with Gasteiger partial charge < -0.3 is 10.1 Å². The van der Waals surface area contributed by atoms with E-state index in [1.54, 1.807) is 0 Å². The van der Waals surface area contributed by atoms with Crippen molar-refractivity contribution in [3.63, 3.8) is 0 Å². The Morgan fingerprint density at radius 2 is 1.93 bits per heavy atom. The van der Waals surface area contributed by atoms with Crippen LogP contribution in [0.15, 0.2) is 0 Å². The lowest BCUT2D eigenvalue weighted by Crippen LogP contribution is -2.46. The molecular formula is C7H10F3NO3. The third kappa shape index (κ3) is 3.63. The van der Waals surface area contributed by atoms with Crippen molar-refractivity contribution < 1.29 is 27.5 Å². The van der Waals surface area contributed by atoms with Gasteiger partial charge in [0.25, 0.3) is 0 Å². The minimum atomic E-state index is -4.98. The molecule has 1 N–H and O–H groups in total. The summed E-state index contributed by atoms with van der Waals surface area (Å²) in [5.74, 6) is -3.04. The Labute approximate surface area is 78.4 Å². The quantitative estimate of drug-likeness (QED) is 0.699. The predicted octanol–water partition coefficient (Wildman–Crippen LogP) is 0.616. The lowest BCUT2D eigenvalue weighted by Gasteiger charge is -2.15. The maximum atomic E-state index is 11.7. The Morgan fingerprint density at radius 1 is 1.43 bits per heavy atom. The average Bonchev–Trinajstić information content (AvgIpc) is 2.10. The van der Waals surface area contributed by atoms with Crippen LogP contribution in [-0.4, -0.2) is 31.2 Å². The Kier molecular flexibility index (Phi) is 4.39. The lowest BCUT2D eigenvalue weighted by molar-refractivity contribution is -0.175. The van der Waals surface area contributed by atoms with Crippen LogP contribution in [0.3, 0.4) is 0 Å². The van der Waals surface area contributed by atoms with Crippen LogP contribution in [0.1, 0.15) is 13.3 Å². The zero-order chi connectivity index (χ0) is 11.4. The Bertz CT molecular complexity index is 227. The first-order valence-corrected chi connectivity index (χ1v) is 3.78. The van der Waals surface area contributed by atoms with E-state index in [4.69, 9.17) is 0 Å². The zero-order valence-electron chi connectivity index (χ0n) is 7.64. The van der Waals surface area contributed by atoms with Gasteiger partial charge in [0.05, 0.1) is 7.11 Å². The molecule has 0 heterocycles. The van der Waals surface area contributed by atoms with Crippen molar-refractivity contribution in [3.05, 3.63) is 0 Å². The minimum Gasteiger partial charge on any atom is -0.467 e. The predicted molar refractivity (Wildman–Crippen MR) is 40.3 cm³/mol. The van der Waals surface area contributed by atoms with Crippen LogP contribution in [0.5, 0.6) is 0 Å². The van der Waals surface area contributed by atoms with Crippen molar-refractivity contribution in [1.29, 1.82) is 0 Å². The highest BCUT2D eigenvalue weighted by atomic mass is 19.4. The van der Waals surface area contributed by atoms with E-state index in [-0.39, 0.29) is 6.42 Å². The van der Waals surface area contributed by atoms with Gasteiger partial charge in [-0.15, -0.1) is 0 Å². The smallest absolute Gasteiger partial charge is 0.467 e. The average molecular weight is 213 g/mol. The second-order valence-electron chi connectivity index (χ2n) is 2.46. The largest absolute Gasteiger partial charge is 0.471 e. The van der Waals surface area contributed by atoms with E-state index in [1.165, 1.54) is 12.2 Å². The Balaban J connectivity index is 4.34. The molecule has 0 radical (unpaired) electrons. The van der Waals surface area contributed by atoms with E-state index in [0.717, 1.165) is 7.11 Å². The van der Waals surface area contributed by atoms with Crippen LogP contribution in [0.25, 0.3) is 0 Å². The highest BCUT2D eigenvalue weighted by Gasteiger charge is 2.40. The van der Waals surface area contributed by atoms with Gasteiger partial charge in [0.2, 0.25) is 0 Å². The fourth-order valence-corrected chi connectivity index (χ4v) is 0.710. The van der Waals surface area contributed by atoms with Gasteiger partial charge in [0.1, 0.15) is 6.04 Å². The van der Waals surface area contributed by atoms with Crippen LogP contribution >= 0.6 is 0 Å². The molecular weight excluding hydrogens is 203 g/mol. The van der Waals surface area contributed by atoms with Crippen molar-refractivity contribution in [1.82, 2.24) is 5.32 Å². The molecule has 0 rings (SSSR count). The Morgan fingerprint density at radius 3 is 2.21 bits per heavy atom. The molecule has 0 spiro atoms. The summed E-state index contributed by atoms with van der Waals surface area (Å²) in [6.45, 7) is 1.46. The van der Waals surface area contributed by atoms with Gasteiger partial charge in [-0.3, -0.25) is 4.79 Å². The molecule has 1 unspecified atom stereocenters. The highest BCUT2D eigenvalue weighted by Crippen LogP contribution is 2.14. The van der Waals surface area contributed by atoms with Crippen molar-refractivity contribution >= 4 is 11.9 Å². The van der Waals surface area contributed by atoms with Crippen LogP contribution < -0.4 is 5.32 Å². The SMILES string of the molecule is CCC(NC(=O)C(F)(F)F)C(=O)OC. The molecule has 0 saturated heterocycles. The summed E-state index contributed by atoms with van der Waals surface area (Å²) in [7, 11) is 1.03. The monoisotopic (exact) mass is 213 g/mol. The van der Waals surface area contributed by atoms with E-state index >= 15 is 0 Å². The second-order valence-corrected chi connectivity index (χ2v) is 2.46. The Hall–Kier alpha value is -1.27. The summed E-state index contributed by atoms with van der Waals surface area (Å²) >= 11 is 0. The van der Waals surface area contributed by atoms with Gasteiger partial charge in [-0.25, -0.2) is 4.79 Å². The fraction of sp³-hybridized carbons (Fsp3) is 0.714. The number of nitrogens with one attached hydrogen (secondary N) is 1. The van der Waals surface area contributed by atoms with Crippen molar-refractivity contribution in [2.75, 3.05) is 7.11 Å². The molecule has 0 saturated carbocycles. The number of ether oxygens (including phenoxy) is 1. The van der Waals surface area contributed by atoms with Gasteiger partial charge in [-0.1, -0.05) is 6.92 Å². The lowest BCUT2D eigenvalue weighted by atomic mass is 10.2. The van der Waals surface area contributed by atoms with Crippen molar-refractivity contribution in [2.24, 2.45) is 0 Å². The minimum absolute atomic E-state index is 0.0362. The molecule has 7 heteroatoms. The summed E-state index contributed by atoms with van der Waals surface area (Å²) in [5.41, 5.74) is 0. The maximum absolute atomic E-state index is 11.7. The molecule has 1 atom stereocenters. The van der Waals surface area contributed by atoms with Crippen LogP contribution in [0.4, 0.5) is 13.2 Å². The number of alkyl halides is 3. The van der Waals surface area contributed by atoms with E-state index in [9.17, 15) is 22.8 Å². The number of hydrogen-bond acceptors (Lipinski definition) is 3. The van der Waals surface area contributed by atoms with Gasteiger partial charge in [-0.2, -0.15) is 13.2 Å². The van der Waals surface area contributed by atoms with E-state index < -0.39 is 24.1 Å². The molecule has 0 aliphatic carbocycles. The molecule has 82 valence electrons. The second kappa shape index (κ2) is 4.83. The number of methoxy groups -OCH3 is 1. The number of amides is 1. The topological polar surface area (TPSA) is 55.4 Å². The summed E-state index contributed by atoms with van der Waals surface area (Å²) < 4.78 is 39.4. The summed E-state index contributed by atoms with van der Waals surface area (Å²) in [6.07, 6.45) is -4.95. The zero-order valence-corrected chi connectivity index (χ0v) is 7.64. The van der Waals surface area contributed by atoms with Crippen LogP contribution in [0.2, 0.25) is 0 Å². The number of halogens is 3. The molecule has 0 aromatic rings. The molecule has 0 aliphatic rings. The molecule has 1 amide bonds. The van der Waals surface area contributed by atoms with Crippen molar-refractivity contribution in [3.8, 4) is 0 Å². The standard InChI is InChI=1S/C7H10F3NO3/c1-3-4(5(12)14-2)11-6(13)7(8,9)10/h4H,3H2,1-2H3,(H,11,13).